The van der Waals surface area contributed by atoms with Crippen molar-refractivity contribution < 1.29 is 9.59 Å². The van der Waals surface area contributed by atoms with Gasteiger partial charge in [0.2, 0.25) is 11.8 Å². The molecular formula is C15H14Br2N2O2. The van der Waals surface area contributed by atoms with E-state index in [2.05, 4.69) is 36.8 Å². The Bertz CT molecular complexity index is 618. The number of amides is 2. The number of pyridine rings is 1. The van der Waals surface area contributed by atoms with Gasteiger partial charge < -0.3 is 0 Å². The van der Waals surface area contributed by atoms with E-state index in [1.54, 1.807) is 6.07 Å². The molecule has 0 unspecified atom stereocenters. The number of imide groups is 1. The van der Waals surface area contributed by atoms with E-state index in [1.165, 1.54) is 4.90 Å². The van der Waals surface area contributed by atoms with Crippen molar-refractivity contribution in [1.29, 1.82) is 0 Å². The van der Waals surface area contributed by atoms with E-state index in [9.17, 15) is 9.59 Å². The van der Waals surface area contributed by atoms with Crippen molar-refractivity contribution in [2.45, 2.75) is 23.0 Å². The maximum Gasteiger partial charge on any atom is 0.239 e. The molecule has 4 nitrogen and oxygen atoms in total. The van der Waals surface area contributed by atoms with Gasteiger partial charge in [-0.2, -0.15) is 0 Å². The van der Waals surface area contributed by atoms with Crippen molar-refractivity contribution in [1.82, 2.24) is 4.98 Å². The highest BCUT2D eigenvalue weighted by Gasteiger charge is 2.66. The van der Waals surface area contributed by atoms with Gasteiger partial charge in [-0.15, -0.1) is 0 Å². The molecule has 6 atom stereocenters. The van der Waals surface area contributed by atoms with Gasteiger partial charge in [0.05, 0.1) is 11.8 Å². The average molecular weight is 414 g/mol. The summed E-state index contributed by atoms with van der Waals surface area (Å²) in [5, 5.41) is 0. The molecule has 0 aromatic carbocycles. The average Bonchev–Trinajstić information content (AvgIpc) is 3.04. The van der Waals surface area contributed by atoms with Crippen LogP contribution in [0.3, 0.4) is 0 Å². The fourth-order valence-corrected chi connectivity index (χ4v) is 6.10. The second-order valence-corrected chi connectivity index (χ2v) is 8.27. The third-order valence-corrected chi connectivity index (χ3v) is 8.30. The Balaban J connectivity index is 1.75. The Morgan fingerprint density at radius 3 is 2.19 bits per heavy atom. The normalized spacial score (nSPS) is 41.0. The number of carbonyl (C=O) groups is 2. The zero-order chi connectivity index (χ0) is 14.9. The molecule has 0 N–H and O–H groups in total. The van der Waals surface area contributed by atoms with E-state index in [-0.39, 0.29) is 45.1 Å². The van der Waals surface area contributed by atoms with Gasteiger partial charge in [-0.1, -0.05) is 37.9 Å². The van der Waals surface area contributed by atoms with Crippen molar-refractivity contribution >= 4 is 49.5 Å². The number of aromatic nitrogens is 1. The Morgan fingerprint density at radius 2 is 1.67 bits per heavy atom. The Hall–Kier alpha value is -0.750. The van der Waals surface area contributed by atoms with Crippen LogP contribution >= 0.6 is 31.9 Å². The SMILES string of the molecule is Cc1cccc(N2C(=O)[C@@H]3[C@@H]4C[C@@H]([C@H](Br)[C@@H]4Br)[C@@H]3C2=O)n1. The van der Waals surface area contributed by atoms with Gasteiger partial charge in [0.1, 0.15) is 5.82 Å². The highest BCUT2D eigenvalue weighted by atomic mass is 79.9. The third-order valence-electron chi connectivity index (χ3n) is 5.09. The molecule has 6 heteroatoms. The molecule has 4 rings (SSSR count). The zero-order valence-corrected chi connectivity index (χ0v) is 14.5. The van der Waals surface area contributed by atoms with Crippen molar-refractivity contribution in [2.75, 3.05) is 4.90 Å². The number of fused-ring (bicyclic) bond motifs is 5. The lowest BCUT2D eigenvalue weighted by Gasteiger charge is -2.28. The number of alkyl halides is 2. The van der Waals surface area contributed by atoms with Gasteiger partial charge in [0.25, 0.3) is 0 Å². The van der Waals surface area contributed by atoms with Crippen LogP contribution in [-0.4, -0.2) is 26.5 Å². The van der Waals surface area contributed by atoms with E-state index in [4.69, 9.17) is 0 Å². The van der Waals surface area contributed by atoms with Crippen LogP contribution in [0.1, 0.15) is 12.1 Å². The first-order valence-electron chi connectivity index (χ1n) is 7.10. The number of nitrogens with zero attached hydrogens (tertiary/aromatic N) is 2. The number of carbonyl (C=O) groups excluding carboxylic acids is 2. The van der Waals surface area contributed by atoms with Crippen molar-refractivity contribution in [3.05, 3.63) is 23.9 Å². The van der Waals surface area contributed by atoms with Gasteiger partial charge >= 0.3 is 0 Å². The summed E-state index contributed by atoms with van der Waals surface area (Å²) in [6, 6.07) is 5.44. The number of hydrogen-bond donors (Lipinski definition) is 0. The summed E-state index contributed by atoms with van der Waals surface area (Å²) in [6.45, 7) is 1.86. The second kappa shape index (κ2) is 4.62. The van der Waals surface area contributed by atoms with Crippen LogP contribution in [0, 0.1) is 30.6 Å². The molecule has 1 aromatic rings. The second-order valence-electron chi connectivity index (χ2n) is 6.15. The van der Waals surface area contributed by atoms with Gasteiger partial charge in [0.15, 0.2) is 0 Å². The summed E-state index contributed by atoms with van der Waals surface area (Å²) in [4.78, 5) is 31.8. The number of aryl methyl sites for hydroxylation is 1. The smallest absolute Gasteiger partial charge is 0.239 e. The van der Waals surface area contributed by atoms with Crippen LogP contribution in [0.25, 0.3) is 0 Å². The van der Waals surface area contributed by atoms with E-state index in [0.29, 0.717) is 5.82 Å². The minimum absolute atomic E-state index is 0.0700. The molecule has 3 fully saturated rings. The number of hydrogen-bond acceptors (Lipinski definition) is 3. The number of halogens is 2. The Kier molecular flexibility index (Phi) is 3.05. The molecule has 0 spiro atoms. The topological polar surface area (TPSA) is 50.3 Å². The molecule has 2 saturated carbocycles. The van der Waals surface area contributed by atoms with Crippen molar-refractivity contribution in [3.63, 3.8) is 0 Å². The molecule has 1 aromatic heterocycles. The predicted octanol–water partition coefficient (Wildman–Crippen LogP) is 2.67. The monoisotopic (exact) mass is 412 g/mol. The predicted molar refractivity (Wildman–Crippen MR) is 85.5 cm³/mol. The van der Waals surface area contributed by atoms with E-state index in [1.807, 2.05) is 19.1 Å². The van der Waals surface area contributed by atoms with Gasteiger partial charge in [-0.05, 0) is 37.3 Å². The van der Waals surface area contributed by atoms with Crippen LogP contribution in [0.4, 0.5) is 5.82 Å². The molecule has 2 bridgehead atoms. The highest BCUT2D eigenvalue weighted by molar-refractivity contribution is 9.12. The molecule has 21 heavy (non-hydrogen) atoms. The molecule has 0 radical (unpaired) electrons. The molecule has 1 aliphatic heterocycles. The largest absolute Gasteiger partial charge is 0.274 e. The van der Waals surface area contributed by atoms with Crippen LogP contribution < -0.4 is 4.90 Å². The van der Waals surface area contributed by atoms with Crippen molar-refractivity contribution in [3.8, 4) is 0 Å². The molecule has 1 saturated heterocycles. The minimum Gasteiger partial charge on any atom is -0.274 e. The summed E-state index contributed by atoms with van der Waals surface area (Å²) in [6.07, 6.45) is 0.952. The summed E-state index contributed by atoms with van der Waals surface area (Å²) >= 11 is 7.38. The molecule has 2 heterocycles. The highest BCUT2D eigenvalue weighted by Crippen LogP contribution is 2.60. The van der Waals surface area contributed by atoms with Gasteiger partial charge in [-0.3, -0.25) is 9.59 Å². The van der Waals surface area contributed by atoms with E-state index >= 15 is 0 Å². The first-order valence-corrected chi connectivity index (χ1v) is 8.93. The summed E-state index contributed by atoms with van der Waals surface area (Å²) < 4.78 is 0. The van der Waals surface area contributed by atoms with Gasteiger partial charge in [-0.25, -0.2) is 9.88 Å². The Labute approximate surface area is 139 Å². The first-order chi connectivity index (χ1) is 10.0. The lowest BCUT2D eigenvalue weighted by Crippen LogP contribution is -2.37. The molecule has 2 aliphatic carbocycles. The fourth-order valence-electron chi connectivity index (χ4n) is 4.23. The molecule has 110 valence electrons. The Morgan fingerprint density at radius 1 is 1.10 bits per heavy atom. The van der Waals surface area contributed by atoms with Crippen LogP contribution in [0.15, 0.2) is 18.2 Å². The van der Waals surface area contributed by atoms with E-state index in [0.717, 1.165) is 12.1 Å². The molecular weight excluding hydrogens is 400 g/mol. The van der Waals surface area contributed by atoms with Gasteiger partial charge in [0, 0.05) is 15.3 Å². The minimum atomic E-state index is -0.178. The molecule has 3 aliphatic rings. The van der Waals surface area contributed by atoms with E-state index < -0.39 is 0 Å². The van der Waals surface area contributed by atoms with Crippen LogP contribution in [0.2, 0.25) is 0 Å². The van der Waals surface area contributed by atoms with Crippen molar-refractivity contribution in [2.24, 2.45) is 23.7 Å². The number of anilines is 1. The maximum atomic E-state index is 12.8. The van der Waals surface area contributed by atoms with Crippen LogP contribution in [-0.2, 0) is 9.59 Å². The lowest BCUT2D eigenvalue weighted by molar-refractivity contribution is -0.123. The molecule has 2 amide bonds. The first kappa shape index (κ1) is 13.9. The third kappa shape index (κ3) is 1.75. The zero-order valence-electron chi connectivity index (χ0n) is 11.4. The number of rotatable bonds is 1. The quantitative estimate of drug-likeness (QED) is 0.525. The summed E-state index contributed by atoms with van der Waals surface area (Å²) in [5.74, 6) is 0.465. The lowest BCUT2D eigenvalue weighted by atomic mass is 9.81. The maximum absolute atomic E-state index is 12.8. The fraction of sp³-hybridized carbons (Fsp3) is 0.533. The van der Waals surface area contributed by atoms with Crippen LogP contribution in [0.5, 0.6) is 0 Å². The summed E-state index contributed by atoms with van der Waals surface area (Å²) in [5.41, 5.74) is 0.810. The standard InChI is InChI=1S/C15H14Br2N2O2/c1-6-3-2-4-9(18-6)19-14(20)10-7-5-8(11(10)15(19)21)13(17)12(7)16/h2-4,7-8,10-13H,5H2,1H3/t7-,8+,10+,11-,12+,13-. The summed E-state index contributed by atoms with van der Waals surface area (Å²) in [7, 11) is 0.